The Balaban J connectivity index is 2.04. The van der Waals surface area contributed by atoms with Crippen molar-refractivity contribution in [3.8, 4) is 11.5 Å². The summed E-state index contributed by atoms with van der Waals surface area (Å²) < 4.78 is 52.6. The first-order valence-corrected chi connectivity index (χ1v) is 12.8. The number of rotatable bonds is 5. The number of anilines is 1. The van der Waals surface area contributed by atoms with Gasteiger partial charge in [0.2, 0.25) is 0 Å². The molecule has 0 aliphatic rings. The molecule has 29 heavy (non-hydrogen) atoms. The zero-order valence-electron chi connectivity index (χ0n) is 14.9. The standard InChI is InChI=1S/C18H16AsNO8S/c1-11(21)20-17-9-13(22)6-7-16(17)19(24,25)28-29(26,27)14-8-12-4-2-3-5-15(12)18(23)10-14/h2-10,22-23H,1H3,(H,20,21)(H,24,25). The van der Waals surface area contributed by atoms with Gasteiger partial charge < -0.3 is 0 Å². The molecule has 0 saturated heterocycles. The molecule has 0 bridgehead atoms. The molecule has 152 valence electrons. The molecule has 0 heterocycles. The van der Waals surface area contributed by atoms with Crippen LogP contribution in [0.15, 0.2) is 59.5 Å². The van der Waals surface area contributed by atoms with Crippen molar-refractivity contribution in [2.45, 2.75) is 11.8 Å². The van der Waals surface area contributed by atoms with Gasteiger partial charge >= 0.3 is 169 Å². The minimum absolute atomic E-state index is 0.251. The molecule has 1 unspecified atom stereocenters. The molecule has 11 heteroatoms. The van der Waals surface area contributed by atoms with Gasteiger partial charge in [-0.05, 0) is 0 Å². The maximum atomic E-state index is 12.8. The van der Waals surface area contributed by atoms with Crippen molar-refractivity contribution in [2.24, 2.45) is 0 Å². The Kier molecular flexibility index (Phi) is 5.46. The fourth-order valence-corrected chi connectivity index (χ4v) is 7.81. The van der Waals surface area contributed by atoms with E-state index in [2.05, 4.69) is 8.49 Å². The average molecular weight is 481 g/mol. The summed E-state index contributed by atoms with van der Waals surface area (Å²) in [5.74, 6) is -1.25. The number of amides is 1. The third-order valence-electron chi connectivity index (χ3n) is 3.90. The minimum atomic E-state index is -5.77. The second-order valence-electron chi connectivity index (χ2n) is 6.10. The molecule has 3 aromatic carbocycles. The van der Waals surface area contributed by atoms with E-state index in [9.17, 15) is 31.3 Å². The van der Waals surface area contributed by atoms with Crippen molar-refractivity contribution in [1.29, 1.82) is 0 Å². The average Bonchev–Trinajstić information content (AvgIpc) is 2.60. The molecule has 0 saturated carbocycles. The molecule has 9 nitrogen and oxygen atoms in total. The van der Waals surface area contributed by atoms with Crippen molar-refractivity contribution in [3.63, 3.8) is 0 Å². The first kappa shape index (κ1) is 20.9. The van der Waals surface area contributed by atoms with Gasteiger partial charge in [0.15, 0.2) is 0 Å². The van der Waals surface area contributed by atoms with E-state index in [0.717, 1.165) is 31.2 Å². The van der Waals surface area contributed by atoms with Crippen LogP contribution in [0.2, 0.25) is 0 Å². The Hall–Kier alpha value is -2.78. The molecule has 0 aromatic heterocycles. The molecule has 3 rings (SSSR count). The van der Waals surface area contributed by atoms with Gasteiger partial charge in [-0.1, -0.05) is 0 Å². The van der Waals surface area contributed by atoms with E-state index in [1.165, 1.54) is 6.07 Å². The van der Waals surface area contributed by atoms with Crippen molar-refractivity contribution in [2.75, 3.05) is 5.32 Å². The van der Waals surface area contributed by atoms with E-state index in [0.29, 0.717) is 10.8 Å². The molecule has 0 radical (unpaired) electrons. The van der Waals surface area contributed by atoms with Crippen LogP contribution in [0.25, 0.3) is 10.8 Å². The monoisotopic (exact) mass is 481 g/mol. The molecule has 0 spiro atoms. The van der Waals surface area contributed by atoms with Gasteiger partial charge in [-0.3, -0.25) is 0 Å². The van der Waals surface area contributed by atoms with Crippen LogP contribution in [0, 0.1) is 0 Å². The summed E-state index contributed by atoms with van der Waals surface area (Å²) in [5.41, 5.74) is -0.251. The second-order valence-corrected chi connectivity index (χ2v) is 11.8. The molecule has 3 aromatic rings. The van der Waals surface area contributed by atoms with Crippen LogP contribution in [0.5, 0.6) is 11.5 Å². The van der Waals surface area contributed by atoms with E-state index in [1.54, 1.807) is 24.3 Å². The van der Waals surface area contributed by atoms with Crippen molar-refractivity contribution < 1.29 is 34.4 Å². The predicted octanol–water partition coefficient (Wildman–Crippen LogP) is 1.18. The Morgan fingerprint density at radius 2 is 1.76 bits per heavy atom. The van der Waals surface area contributed by atoms with Gasteiger partial charge in [-0.15, -0.1) is 0 Å². The Morgan fingerprint density at radius 1 is 1.07 bits per heavy atom. The predicted molar refractivity (Wildman–Crippen MR) is 105 cm³/mol. The second kappa shape index (κ2) is 7.56. The van der Waals surface area contributed by atoms with Crippen LogP contribution >= 0.6 is 0 Å². The topological polar surface area (TPSA) is 150 Å². The number of phenols is 2. The first-order chi connectivity index (χ1) is 13.5. The van der Waals surface area contributed by atoms with E-state index in [1.807, 2.05) is 0 Å². The van der Waals surface area contributed by atoms with Crippen molar-refractivity contribution >= 4 is 51.0 Å². The zero-order chi connectivity index (χ0) is 21.4. The number of hydrogen-bond acceptors (Lipinski definition) is 7. The third-order valence-corrected chi connectivity index (χ3v) is 9.71. The summed E-state index contributed by atoms with van der Waals surface area (Å²) in [7, 11) is -4.76. The van der Waals surface area contributed by atoms with Gasteiger partial charge in [-0.25, -0.2) is 0 Å². The Bertz CT molecular complexity index is 1270. The van der Waals surface area contributed by atoms with Gasteiger partial charge in [0, 0.05) is 0 Å². The van der Waals surface area contributed by atoms with E-state index in [4.69, 9.17) is 0 Å². The van der Waals surface area contributed by atoms with Gasteiger partial charge in [-0.2, -0.15) is 0 Å². The summed E-state index contributed by atoms with van der Waals surface area (Å²) in [6.45, 7) is 1.14. The summed E-state index contributed by atoms with van der Waals surface area (Å²) in [5, 5.41) is 22.7. The molecule has 1 amide bonds. The maximum absolute atomic E-state index is 12.8. The molecule has 0 aliphatic carbocycles. The number of phenolic OH excluding ortho intramolecular Hbond substituents is 2. The quantitative estimate of drug-likeness (QED) is 0.397. The fourth-order valence-electron chi connectivity index (χ4n) is 2.68. The van der Waals surface area contributed by atoms with Crippen LogP contribution in [0.1, 0.15) is 6.92 Å². The van der Waals surface area contributed by atoms with Crippen molar-refractivity contribution in [3.05, 3.63) is 54.6 Å². The summed E-state index contributed by atoms with van der Waals surface area (Å²) >= 11 is -5.77. The van der Waals surface area contributed by atoms with Crippen LogP contribution in [0.4, 0.5) is 5.69 Å². The van der Waals surface area contributed by atoms with E-state index < -0.39 is 39.4 Å². The third kappa shape index (κ3) is 4.46. The number of carbonyl (C=O) groups is 1. The van der Waals surface area contributed by atoms with Crippen LogP contribution in [0.3, 0.4) is 0 Å². The molecule has 4 N–H and O–H groups in total. The Labute approximate surface area is 168 Å². The van der Waals surface area contributed by atoms with E-state index in [-0.39, 0.29) is 17.2 Å². The number of hydrogen-bond donors (Lipinski definition) is 4. The van der Waals surface area contributed by atoms with Crippen LogP contribution in [-0.2, 0) is 21.8 Å². The zero-order valence-corrected chi connectivity index (χ0v) is 17.6. The number of aromatic hydroxyl groups is 2. The SMILES string of the molecule is CC(=O)Nc1cc(O)ccc1[As](=O)(O)OS(=O)(=O)c1cc(O)c2ccccc2c1. The first-order valence-electron chi connectivity index (χ1n) is 8.11. The van der Waals surface area contributed by atoms with Crippen LogP contribution in [-0.4, -0.2) is 42.8 Å². The molecule has 1 atom stereocenters. The van der Waals surface area contributed by atoms with Gasteiger partial charge in [0.05, 0.1) is 0 Å². The molecular formula is C18H16AsNO8S. The number of carbonyl (C=O) groups excluding carboxylic acids is 1. The normalized spacial score (nSPS) is 13.7. The molecule has 0 aliphatic heterocycles. The summed E-state index contributed by atoms with van der Waals surface area (Å²) in [6.07, 6.45) is 0. The Morgan fingerprint density at radius 3 is 2.45 bits per heavy atom. The van der Waals surface area contributed by atoms with E-state index >= 15 is 0 Å². The summed E-state index contributed by atoms with van der Waals surface area (Å²) in [4.78, 5) is 10.8. The van der Waals surface area contributed by atoms with Gasteiger partial charge in [0.25, 0.3) is 0 Å². The number of nitrogens with one attached hydrogen (secondary N) is 1. The van der Waals surface area contributed by atoms with Crippen LogP contribution < -0.4 is 9.67 Å². The number of benzene rings is 3. The fraction of sp³-hybridized carbons (Fsp3) is 0.0556. The van der Waals surface area contributed by atoms with Crippen molar-refractivity contribution in [1.82, 2.24) is 0 Å². The summed E-state index contributed by atoms with van der Waals surface area (Å²) in [6, 6.07) is 11.6. The molecule has 0 fully saturated rings. The molecular weight excluding hydrogens is 465 g/mol. The van der Waals surface area contributed by atoms with Gasteiger partial charge in [0.1, 0.15) is 0 Å². The number of fused-ring (bicyclic) bond motifs is 1.